The number of nitrogens with one attached hydrogen (secondary N) is 2. The van der Waals surface area contributed by atoms with Crippen LogP contribution >= 0.6 is 11.8 Å². The molecule has 1 aromatic heterocycles. The summed E-state index contributed by atoms with van der Waals surface area (Å²) in [5.41, 5.74) is 0.579. The molecule has 8 heteroatoms. The highest BCUT2D eigenvalue weighted by Crippen LogP contribution is 2.25. The highest BCUT2D eigenvalue weighted by atomic mass is 32.2. The number of hydrogen-bond acceptors (Lipinski definition) is 5. The molecule has 0 aliphatic carbocycles. The number of carboxylic acids is 1. The van der Waals surface area contributed by atoms with E-state index in [4.69, 9.17) is 5.11 Å². The molecule has 0 radical (unpaired) electrons. The number of hydrogen-bond donors (Lipinski definition) is 3. The van der Waals surface area contributed by atoms with Gasteiger partial charge >= 0.3 is 5.97 Å². The van der Waals surface area contributed by atoms with Crippen LogP contribution in [0.3, 0.4) is 0 Å². The molecule has 26 heavy (non-hydrogen) atoms. The van der Waals surface area contributed by atoms with E-state index in [1.54, 1.807) is 55.6 Å². The van der Waals surface area contributed by atoms with Crippen LogP contribution in [0.1, 0.15) is 19.8 Å². The summed E-state index contributed by atoms with van der Waals surface area (Å²) >= 11 is 1.38. The average molecular weight is 373 g/mol. The lowest BCUT2D eigenvalue weighted by atomic mass is 10.2. The van der Waals surface area contributed by atoms with Gasteiger partial charge in [-0.15, -0.1) is 11.8 Å². The van der Waals surface area contributed by atoms with E-state index >= 15 is 0 Å². The fraction of sp³-hybridized carbons (Fsp3) is 0.222. The molecule has 2 amide bonds. The number of carboxylic acid groups (broad SMARTS) is 1. The molecule has 2 rings (SSSR count). The van der Waals surface area contributed by atoms with E-state index in [0.717, 1.165) is 4.90 Å². The van der Waals surface area contributed by atoms with Crippen LogP contribution in [0, 0.1) is 0 Å². The van der Waals surface area contributed by atoms with Gasteiger partial charge in [0.25, 0.3) is 0 Å². The first kappa shape index (κ1) is 19.5. The zero-order valence-electron chi connectivity index (χ0n) is 14.1. The molecular formula is C18H19N3O4S. The molecule has 7 nitrogen and oxygen atoms in total. The zero-order valence-corrected chi connectivity index (χ0v) is 15.0. The summed E-state index contributed by atoms with van der Waals surface area (Å²) in [6, 6.07) is 12.3. The van der Waals surface area contributed by atoms with Crippen LogP contribution < -0.4 is 10.6 Å². The van der Waals surface area contributed by atoms with Gasteiger partial charge in [-0.25, -0.2) is 4.98 Å². The van der Waals surface area contributed by atoms with Crippen molar-refractivity contribution in [3.63, 3.8) is 0 Å². The molecule has 1 aromatic carbocycles. The van der Waals surface area contributed by atoms with Gasteiger partial charge in [0.05, 0.1) is 11.7 Å². The Morgan fingerprint density at radius 3 is 2.42 bits per heavy atom. The molecule has 2 aromatic rings. The van der Waals surface area contributed by atoms with E-state index in [9.17, 15) is 14.4 Å². The number of aliphatic carboxylic acids is 1. The predicted octanol–water partition coefficient (Wildman–Crippen LogP) is 3.00. The van der Waals surface area contributed by atoms with Gasteiger partial charge in [-0.05, 0) is 43.3 Å². The number of nitrogens with zero attached hydrogens (tertiary/aromatic N) is 1. The molecule has 0 spiro atoms. The van der Waals surface area contributed by atoms with Crippen LogP contribution in [-0.4, -0.2) is 33.1 Å². The summed E-state index contributed by atoms with van der Waals surface area (Å²) in [7, 11) is 0. The van der Waals surface area contributed by atoms with Crippen LogP contribution in [0.15, 0.2) is 53.6 Å². The Morgan fingerprint density at radius 1 is 1.08 bits per heavy atom. The smallest absolute Gasteiger partial charge is 0.303 e. The largest absolute Gasteiger partial charge is 0.481 e. The normalized spacial score (nSPS) is 11.4. The van der Waals surface area contributed by atoms with Crippen molar-refractivity contribution in [3.05, 3.63) is 48.7 Å². The first-order valence-electron chi connectivity index (χ1n) is 7.94. The Hall–Kier alpha value is -2.87. The van der Waals surface area contributed by atoms with E-state index in [-0.39, 0.29) is 29.9 Å². The summed E-state index contributed by atoms with van der Waals surface area (Å²) in [5, 5.41) is 13.6. The molecule has 0 aliphatic rings. The Morgan fingerprint density at radius 2 is 1.81 bits per heavy atom. The minimum absolute atomic E-state index is 0.0729. The molecule has 0 aliphatic heterocycles. The molecule has 136 valence electrons. The van der Waals surface area contributed by atoms with E-state index in [2.05, 4.69) is 15.6 Å². The molecule has 0 fully saturated rings. The van der Waals surface area contributed by atoms with E-state index in [1.165, 1.54) is 11.8 Å². The number of aromatic nitrogens is 1. The Balaban J connectivity index is 1.85. The van der Waals surface area contributed by atoms with Crippen molar-refractivity contribution in [2.45, 2.75) is 29.9 Å². The van der Waals surface area contributed by atoms with Crippen molar-refractivity contribution in [3.8, 4) is 0 Å². The fourth-order valence-corrected chi connectivity index (χ4v) is 2.85. The summed E-state index contributed by atoms with van der Waals surface area (Å²) in [6.45, 7) is 1.80. The highest BCUT2D eigenvalue weighted by Gasteiger charge is 2.15. The molecular weight excluding hydrogens is 354 g/mol. The first-order valence-corrected chi connectivity index (χ1v) is 8.82. The molecule has 1 unspecified atom stereocenters. The summed E-state index contributed by atoms with van der Waals surface area (Å²) in [4.78, 5) is 39.2. The highest BCUT2D eigenvalue weighted by molar-refractivity contribution is 8.00. The zero-order chi connectivity index (χ0) is 18.9. The molecule has 3 N–H and O–H groups in total. The number of anilines is 2. The topological polar surface area (TPSA) is 108 Å². The number of pyridine rings is 1. The van der Waals surface area contributed by atoms with Crippen molar-refractivity contribution >= 4 is 41.1 Å². The monoisotopic (exact) mass is 373 g/mol. The maximum atomic E-state index is 12.2. The van der Waals surface area contributed by atoms with Gasteiger partial charge in [-0.2, -0.15) is 0 Å². The van der Waals surface area contributed by atoms with Crippen LogP contribution in [0.4, 0.5) is 11.5 Å². The van der Waals surface area contributed by atoms with Crippen LogP contribution in [0.25, 0.3) is 0 Å². The minimum Gasteiger partial charge on any atom is -0.481 e. The van der Waals surface area contributed by atoms with E-state index in [1.807, 2.05) is 0 Å². The molecule has 0 saturated carbocycles. The Labute approximate surface area is 155 Å². The second kappa shape index (κ2) is 9.57. The second-order valence-corrected chi connectivity index (χ2v) is 6.84. The van der Waals surface area contributed by atoms with Gasteiger partial charge in [0.2, 0.25) is 11.8 Å². The lowest BCUT2D eigenvalue weighted by Gasteiger charge is -2.12. The maximum absolute atomic E-state index is 12.2. The SMILES string of the molecule is CC(Sc1ccc(NC(=O)CCC(=O)O)cc1)C(=O)Nc1ccccn1. The quantitative estimate of drug-likeness (QED) is 0.614. The third kappa shape index (κ3) is 6.56. The number of benzene rings is 1. The lowest BCUT2D eigenvalue weighted by molar-refractivity contribution is -0.138. The van der Waals surface area contributed by atoms with Gasteiger partial charge in [0.15, 0.2) is 0 Å². The summed E-state index contributed by atoms with van der Waals surface area (Å²) in [5.74, 6) is -1.01. The molecule has 1 atom stereocenters. The van der Waals surface area contributed by atoms with Crippen LogP contribution in [-0.2, 0) is 14.4 Å². The van der Waals surface area contributed by atoms with Crippen LogP contribution in [0.5, 0.6) is 0 Å². The molecule has 1 heterocycles. The number of thioether (sulfide) groups is 1. The molecule has 0 bridgehead atoms. The van der Waals surface area contributed by atoms with Crippen molar-refractivity contribution < 1.29 is 19.5 Å². The van der Waals surface area contributed by atoms with Gasteiger partial charge < -0.3 is 15.7 Å². The van der Waals surface area contributed by atoms with E-state index < -0.39 is 5.97 Å². The standard InChI is InChI=1S/C18H19N3O4S/c1-12(18(25)21-15-4-2-3-11-19-15)26-14-7-5-13(6-8-14)20-16(22)9-10-17(23)24/h2-8,11-12H,9-10H2,1H3,(H,20,22)(H,23,24)(H,19,21,25). The number of carbonyl (C=O) groups excluding carboxylic acids is 2. The van der Waals surface area contributed by atoms with Gasteiger partial charge in [0.1, 0.15) is 5.82 Å². The van der Waals surface area contributed by atoms with Crippen molar-refractivity contribution in [2.24, 2.45) is 0 Å². The minimum atomic E-state index is -1.01. The van der Waals surface area contributed by atoms with Gasteiger partial charge in [-0.3, -0.25) is 14.4 Å². The number of rotatable bonds is 8. The van der Waals surface area contributed by atoms with Gasteiger partial charge in [0, 0.05) is 23.2 Å². The van der Waals surface area contributed by atoms with Crippen LogP contribution in [0.2, 0.25) is 0 Å². The maximum Gasteiger partial charge on any atom is 0.303 e. The van der Waals surface area contributed by atoms with E-state index in [0.29, 0.717) is 11.5 Å². The summed E-state index contributed by atoms with van der Waals surface area (Å²) in [6.07, 6.45) is 1.33. The Bertz CT molecular complexity index is 766. The number of amides is 2. The Kier molecular flexibility index (Phi) is 7.16. The second-order valence-electron chi connectivity index (χ2n) is 5.43. The third-order valence-electron chi connectivity index (χ3n) is 3.30. The van der Waals surface area contributed by atoms with Gasteiger partial charge in [-0.1, -0.05) is 6.07 Å². The van der Waals surface area contributed by atoms with Crippen molar-refractivity contribution in [1.29, 1.82) is 0 Å². The third-order valence-corrected chi connectivity index (χ3v) is 4.41. The fourth-order valence-electron chi connectivity index (χ4n) is 1.98. The van der Waals surface area contributed by atoms with Crippen molar-refractivity contribution in [1.82, 2.24) is 4.98 Å². The summed E-state index contributed by atoms with van der Waals surface area (Å²) < 4.78 is 0. The lowest BCUT2D eigenvalue weighted by Crippen LogP contribution is -2.22. The number of carbonyl (C=O) groups is 3. The average Bonchev–Trinajstić information content (AvgIpc) is 2.62. The first-order chi connectivity index (χ1) is 12.4. The predicted molar refractivity (Wildman–Crippen MR) is 100 cm³/mol. The molecule has 0 saturated heterocycles. The van der Waals surface area contributed by atoms with Crippen molar-refractivity contribution in [2.75, 3.05) is 10.6 Å².